The van der Waals surface area contributed by atoms with Gasteiger partial charge >= 0.3 is 5.97 Å². The van der Waals surface area contributed by atoms with Gasteiger partial charge in [0.1, 0.15) is 11.8 Å². The first kappa shape index (κ1) is 20.3. The van der Waals surface area contributed by atoms with Crippen LogP contribution in [0.3, 0.4) is 0 Å². The Bertz CT molecular complexity index is 1300. The van der Waals surface area contributed by atoms with Gasteiger partial charge < -0.3 is 9.47 Å². The lowest BCUT2D eigenvalue weighted by Crippen LogP contribution is -2.40. The average molecular weight is 441 g/mol. The molecule has 2 aromatic heterocycles. The van der Waals surface area contributed by atoms with Gasteiger partial charge in [0.15, 0.2) is 4.80 Å². The van der Waals surface area contributed by atoms with E-state index < -0.39 is 12.0 Å². The second-order valence-corrected chi connectivity index (χ2v) is 8.55. The zero-order valence-corrected chi connectivity index (χ0v) is 18.4. The molecule has 0 aliphatic carbocycles. The number of allylic oxidation sites excluding steroid dienone is 1. The van der Waals surface area contributed by atoms with Crippen LogP contribution in [0.25, 0.3) is 6.08 Å². The minimum Gasteiger partial charge on any atom is -0.496 e. The molecule has 0 unspecified atom stereocenters. The second-order valence-electron chi connectivity index (χ2n) is 6.56. The van der Waals surface area contributed by atoms with Crippen LogP contribution in [0.2, 0.25) is 0 Å². The molecule has 0 spiro atoms. The number of carbonyl (C=O) groups is 1. The zero-order valence-electron chi connectivity index (χ0n) is 16.7. The molecule has 1 aliphatic heterocycles. The molecular weight excluding hydrogens is 420 g/mol. The molecule has 0 saturated carbocycles. The van der Waals surface area contributed by atoms with E-state index in [4.69, 9.17) is 9.47 Å². The van der Waals surface area contributed by atoms with Gasteiger partial charge in [-0.1, -0.05) is 35.6 Å². The summed E-state index contributed by atoms with van der Waals surface area (Å²) in [4.78, 5) is 32.4. The lowest BCUT2D eigenvalue weighted by atomic mass is 9.95. The van der Waals surface area contributed by atoms with E-state index >= 15 is 0 Å². The van der Waals surface area contributed by atoms with Crippen molar-refractivity contribution in [2.45, 2.75) is 19.9 Å². The number of hydrogen-bond donors (Lipinski definition) is 0. The van der Waals surface area contributed by atoms with Crippen LogP contribution in [0.1, 0.15) is 30.3 Å². The molecule has 0 radical (unpaired) electrons. The number of para-hydroxylation sites is 1. The monoisotopic (exact) mass is 440 g/mol. The molecule has 0 amide bonds. The number of benzene rings is 1. The van der Waals surface area contributed by atoms with Crippen molar-refractivity contribution in [2.24, 2.45) is 4.99 Å². The van der Waals surface area contributed by atoms with Crippen molar-refractivity contribution >= 4 is 34.7 Å². The van der Waals surface area contributed by atoms with Gasteiger partial charge in [-0.25, -0.2) is 9.79 Å². The van der Waals surface area contributed by atoms with Gasteiger partial charge in [0.25, 0.3) is 5.56 Å². The SMILES string of the molecule is CCOC(=O)C1=C(C)N=c2s/c(=C\c3cccs3)c(=O)n2[C@@H]1c1ccccc1OC. The second kappa shape index (κ2) is 8.41. The molecule has 154 valence electrons. The van der Waals surface area contributed by atoms with Crippen LogP contribution >= 0.6 is 22.7 Å². The summed E-state index contributed by atoms with van der Waals surface area (Å²) < 4.78 is 13.0. The summed E-state index contributed by atoms with van der Waals surface area (Å²) in [5.74, 6) is 0.106. The number of thiophene rings is 1. The van der Waals surface area contributed by atoms with Crippen molar-refractivity contribution in [3.63, 3.8) is 0 Å². The molecule has 30 heavy (non-hydrogen) atoms. The fraction of sp³-hybridized carbons (Fsp3) is 0.227. The van der Waals surface area contributed by atoms with Crippen LogP contribution < -0.4 is 19.6 Å². The van der Waals surface area contributed by atoms with E-state index in [0.29, 0.717) is 31.9 Å². The number of rotatable bonds is 5. The fourth-order valence-electron chi connectivity index (χ4n) is 3.48. The van der Waals surface area contributed by atoms with Gasteiger partial charge in [-0.3, -0.25) is 9.36 Å². The van der Waals surface area contributed by atoms with Crippen LogP contribution in [-0.2, 0) is 9.53 Å². The van der Waals surface area contributed by atoms with Gasteiger partial charge in [-0.05, 0) is 37.4 Å². The summed E-state index contributed by atoms with van der Waals surface area (Å²) in [6.07, 6.45) is 1.86. The summed E-state index contributed by atoms with van der Waals surface area (Å²) in [5, 5.41) is 1.96. The Kier molecular flexibility index (Phi) is 5.69. The third-order valence-corrected chi connectivity index (χ3v) is 6.57. The highest BCUT2D eigenvalue weighted by Gasteiger charge is 2.34. The van der Waals surface area contributed by atoms with E-state index in [1.54, 1.807) is 36.9 Å². The van der Waals surface area contributed by atoms with Crippen LogP contribution in [0, 0.1) is 0 Å². The van der Waals surface area contributed by atoms with E-state index in [1.165, 1.54) is 11.3 Å². The lowest BCUT2D eigenvalue weighted by Gasteiger charge is -2.25. The van der Waals surface area contributed by atoms with Crippen LogP contribution in [0.15, 0.2) is 62.8 Å². The Morgan fingerprint density at radius 3 is 2.77 bits per heavy atom. The minimum atomic E-state index is -0.679. The van der Waals surface area contributed by atoms with E-state index in [0.717, 1.165) is 4.88 Å². The van der Waals surface area contributed by atoms with E-state index in [9.17, 15) is 9.59 Å². The third kappa shape index (κ3) is 3.53. The maximum absolute atomic E-state index is 13.4. The minimum absolute atomic E-state index is 0.197. The normalized spacial score (nSPS) is 16.2. The molecule has 8 heteroatoms. The van der Waals surface area contributed by atoms with Crippen molar-refractivity contribution in [1.82, 2.24) is 4.57 Å². The Hall–Kier alpha value is -2.97. The smallest absolute Gasteiger partial charge is 0.338 e. The molecule has 1 aliphatic rings. The van der Waals surface area contributed by atoms with Gasteiger partial charge in [0.2, 0.25) is 0 Å². The molecule has 0 N–H and O–H groups in total. The maximum atomic E-state index is 13.4. The Morgan fingerprint density at radius 2 is 2.07 bits per heavy atom. The van der Waals surface area contributed by atoms with E-state index in [-0.39, 0.29) is 12.2 Å². The standard InChI is InChI=1S/C22H20N2O4S2/c1-4-28-21(26)18-13(2)23-22-24(19(18)15-9-5-6-10-16(15)27-3)20(25)17(30-22)12-14-8-7-11-29-14/h5-12,19H,4H2,1-3H3/b17-12-/t19-/m1/s1. The molecule has 1 atom stereocenters. The first-order valence-corrected chi connectivity index (χ1v) is 11.1. The summed E-state index contributed by atoms with van der Waals surface area (Å²) >= 11 is 2.87. The number of thiazole rings is 1. The van der Waals surface area contributed by atoms with Crippen molar-refractivity contribution in [3.8, 4) is 5.75 Å². The maximum Gasteiger partial charge on any atom is 0.338 e. The molecule has 0 saturated heterocycles. The van der Waals surface area contributed by atoms with Crippen LogP contribution in [-0.4, -0.2) is 24.3 Å². The van der Waals surface area contributed by atoms with Crippen LogP contribution in [0.5, 0.6) is 5.75 Å². The summed E-state index contributed by atoms with van der Waals surface area (Å²) in [5.41, 5.74) is 1.39. The van der Waals surface area contributed by atoms with Crippen molar-refractivity contribution in [1.29, 1.82) is 0 Å². The molecule has 1 aromatic carbocycles. The number of carbonyl (C=O) groups excluding carboxylic acids is 1. The number of aromatic nitrogens is 1. The van der Waals surface area contributed by atoms with Gasteiger partial charge in [0.05, 0.1) is 29.5 Å². The number of ether oxygens (including phenoxy) is 2. The Morgan fingerprint density at radius 1 is 1.27 bits per heavy atom. The van der Waals surface area contributed by atoms with Crippen molar-refractivity contribution < 1.29 is 14.3 Å². The number of hydrogen-bond acceptors (Lipinski definition) is 7. The average Bonchev–Trinajstić information content (AvgIpc) is 3.35. The molecule has 0 bridgehead atoms. The molecule has 4 rings (SSSR count). The number of methoxy groups -OCH3 is 1. The highest BCUT2D eigenvalue weighted by molar-refractivity contribution is 7.11. The topological polar surface area (TPSA) is 69.9 Å². The van der Waals surface area contributed by atoms with Gasteiger partial charge in [-0.2, -0.15) is 0 Å². The zero-order chi connectivity index (χ0) is 21.3. The summed E-state index contributed by atoms with van der Waals surface area (Å²) in [6, 6.07) is 10.6. The van der Waals surface area contributed by atoms with Crippen molar-refractivity contribution in [3.05, 3.63) is 83.2 Å². The number of fused-ring (bicyclic) bond motifs is 1. The largest absolute Gasteiger partial charge is 0.496 e. The number of nitrogens with zero attached hydrogens (tertiary/aromatic N) is 2. The molecule has 3 aromatic rings. The first-order valence-electron chi connectivity index (χ1n) is 9.41. The molecule has 0 fully saturated rings. The van der Waals surface area contributed by atoms with Crippen LogP contribution in [0.4, 0.5) is 0 Å². The van der Waals surface area contributed by atoms with E-state index in [2.05, 4.69) is 4.99 Å². The quantitative estimate of drug-likeness (QED) is 0.572. The lowest BCUT2D eigenvalue weighted by molar-refractivity contribution is -0.139. The highest BCUT2D eigenvalue weighted by atomic mass is 32.1. The predicted octanol–water partition coefficient (Wildman–Crippen LogP) is 2.87. The fourth-order valence-corrected chi connectivity index (χ4v) is 5.25. The van der Waals surface area contributed by atoms with E-state index in [1.807, 2.05) is 47.9 Å². The summed E-state index contributed by atoms with van der Waals surface area (Å²) in [7, 11) is 1.57. The highest BCUT2D eigenvalue weighted by Crippen LogP contribution is 2.35. The first-order chi connectivity index (χ1) is 14.5. The molecule has 3 heterocycles. The Labute approximate surface area is 181 Å². The number of esters is 1. The third-order valence-electron chi connectivity index (χ3n) is 4.77. The molecule has 6 nitrogen and oxygen atoms in total. The molecular formula is C22H20N2O4S2. The Balaban J connectivity index is 2.01. The predicted molar refractivity (Wildman–Crippen MR) is 118 cm³/mol. The van der Waals surface area contributed by atoms with Gasteiger partial charge in [-0.15, -0.1) is 11.3 Å². The summed E-state index contributed by atoms with van der Waals surface area (Å²) in [6.45, 7) is 3.75. The van der Waals surface area contributed by atoms with Crippen molar-refractivity contribution in [2.75, 3.05) is 13.7 Å². The van der Waals surface area contributed by atoms with Gasteiger partial charge in [0, 0.05) is 10.4 Å².